The number of benzene rings is 1. The molecule has 2 aliphatic rings. The highest BCUT2D eigenvalue weighted by Gasteiger charge is 2.62. The summed E-state index contributed by atoms with van der Waals surface area (Å²) in [5.74, 6) is 0. The molecule has 2 aliphatic heterocycles. The third-order valence-corrected chi connectivity index (χ3v) is 12.0. The summed E-state index contributed by atoms with van der Waals surface area (Å²) >= 11 is 1.87. The second-order valence-corrected chi connectivity index (χ2v) is 15.7. The van der Waals surface area contributed by atoms with Gasteiger partial charge < -0.3 is 8.85 Å². The minimum absolute atomic E-state index is 0.0159. The van der Waals surface area contributed by atoms with E-state index < -0.39 is 8.56 Å². The smallest absolute Gasteiger partial charge is 0.349 e. The van der Waals surface area contributed by atoms with Gasteiger partial charge in [0.2, 0.25) is 0 Å². The highest BCUT2D eigenvalue weighted by Crippen LogP contribution is 2.56. The summed E-state index contributed by atoms with van der Waals surface area (Å²) in [7, 11) is -2.42. The monoisotopic (exact) mass is 399 g/mol. The number of nitrogens with zero attached hydrogens (tertiary/aromatic N) is 1. The molecule has 0 amide bonds. The molecular weight excluding hydrogens is 370 g/mol. The van der Waals surface area contributed by atoms with E-state index in [1.807, 2.05) is 24.0 Å². The van der Waals surface area contributed by atoms with Crippen molar-refractivity contribution in [3.05, 3.63) is 48.2 Å². The highest BCUT2D eigenvalue weighted by atomic mass is 32.2. The van der Waals surface area contributed by atoms with Gasteiger partial charge in [-0.25, -0.2) is 0 Å². The average molecular weight is 400 g/mol. The third-order valence-electron chi connectivity index (χ3n) is 5.56. The normalized spacial score (nSPS) is 25.3. The Labute approximate surface area is 167 Å². The molecule has 0 N–H and O–H groups in total. The number of hydrogen-bond donors (Lipinski definition) is 0. The van der Waals surface area contributed by atoms with Gasteiger partial charge in [0.15, 0.2) is 0 Å². The number of para-hydroxylation sites is 1. The summed E-state index contributed by atoms with van der Waals surface area (Å²) in [5, 5.41) is 1.54. The Kier molecular flexibility index (Phi) is 4.58. The maximum Gasteiger partial charge on any atom is 0.349 e. The van der Waals surface area contributed by atoms with Crippen molar-refractivity contribution < 1.29 is 8.85 Å². The van der Waals surface area contributed by atoms with Gasteiger partial charge in [-0.15, -0.1) is 11.8 Å². The lowest BCUT2D eigenvalue weighted by Gasteiger charge is -2.53. The van der Waals surface area contributed by atoms with Crippen molar-refractivity contribution in [2.75, 3.05) is 6.61 Å². The molecule has 0 bridgehead atoms. The van der Waals surface area contributed by atoms with Crippen LogP contribution in [0.15, 0.2) is 42.6 Å². The van der Waals surface area contributed by atoms with Crippen molar-refractivity contribution in [2.45, 2.75) is 63.0 Å². The van der Waals surface area contributed by atoms with Gasteiger partial charge in [0.1, 0.15) is 0 Å². The summed E-state index contributed by atoms with van der Waals surface area (Å²) in [6.07, 6.45) is 4.41. The Balaban J connectivity index is 1.67. The first-order valence-electron chi connectivity index (χ1n) is 9.66. The van der Waals surface area contributed by atoms with Crippen molar-refractivity contribution >= 4 is 36.1 Å². The second kappa shape index (κ2) is 6.44. The van der Waals surface area contributed by atoms with Crippen LogP contribution in [-0.4, -0.2) is 31.5 Å². The summed E-state index contributed by atoms with van der Waals surface area (Å²) in [6.45, 7) is 14.4. The zero-order valence-corrected chi connectivity index (χ0v) is 18.9. The Morgan fingerprint density at radius 3 is 2.48 bits per heavy atom. The van der Waals surface area contributed by atoms with Gasteiger partial charge in [0.05, 0.1) is 23.5 Å². The lowest BCUT2D eigenvalue weighted by Crippen LogP contribution is -2.63. The van der Waals surface area contributed by atoms with Crippen molar-refractivity contribution in [3.63, 3.8) is 0 Å². The minimum atomic E-state index is -2.42. The number of hydrogen-bond acceptors (Lipinski definition) is 4. The molecule has 3 heterocycles. The summed E-state index contributed by atoms with van der Waals surface area (Å²) in [5.41, 5.74) is 2.21. The molecule has 1 aromatic carbocycles. The molecule has 144 valence electrons. The van der Waals surface area contributed by atoms with E-state index >= 15 is 0 Å². The van der Waals surface area contributed by atoms with Crippen molar-refractivity contribution in [1.29, 1.82) is 0 Å². The van der Waals surface area contributed by atoms with Crippen molar-refractivity contribution in [3.8, 4) is 0 Å². The fourth-order valence-electron chi connectivity index (χ4n) is 4.47. The predicted molar refractivity (Wildman–Crippen MR) is 117 cm³/mol. The molecule has 3 nitrogen and oxygen atoms in total. The van der Waals surface area contributed by atoms with Crippen molar-refractivity contribution in [1.82, 2.24) is 4.98 Å². The Morgan fingerprint density at radius 2 is 1.78 bits per heavy atom. The average Bonchev–Trinajstić information content (AvgIpc) is 3.02. The minimum Gasteiger partial charge on any atom is -0.392 e. The van der Waals surface area contributed by atoms with Gasteiger partial charge in [-0.1, -0.05) is 59.7 Å². The van der Waals surface area contributed by atoms with Gasteiger partial charge >= 0.3 is 8.56 Å². The van der Waals surface area contributed by atoms with E-state index in [0.29, 0.717) is 5.25 Å². The van der Waals surface area contributed by atoms with Crippen LogP contribution in [0.25, 0.3) is 15.8 Å². The maximum absolute atomic E-state index is 6.87. The van der Waals surface area contributed by atoms with Crippen LogP contribution >= 0.6 is 11.8 Å². The topological polar surface area (TPSA) is 31.4 Å². The molecule has 27 heavy (non-hydrogen) atoms. The molecule has 5 heteroatoms. The molecule has 4 rings (SSSR count). The van der Waals surface area contributed by atoms with E-state index in [4.69, 9.17) is 8.85 Å². The molecule has 1 aromatic heterocycles. The van der Waals surface area contributed by atoms with Crippen LogP contribution in [0.4, 0.5) is 0 Å². The van der Waals surface area contributed by atoms with Gasteiger partial charge in [-0.3, -0.25) is 4.98 Å². The van der Waals surface area contributed by atoms with E-state index in [2.05, 4.69) is 76.9 Å². The van der Waals surface area contributed by atoms with Crippen LogP contribution in [0.3, 0.4) is 0 Å². The van der Waals surface area contributed by atoms with Crippen LogP contribution in [0.5, 0.6) is 0 Å². The van der Waals surface area contributed by atoms with E-state index in [9.17, 15) is 0 Å². The van der Waals surface area contributed by atoms with Gasteiger partial charge in [-0.2, -0.15) is 0 Å². The fourth-order valence-corrected chi connectivity index (χ4v) is 10.8. The predicted octanol–water partition coefficient (Wildman–Crippen LogP) is 6.15. The third kappa shape index (κ3) is 3.18. The summed E-state index contributed by atoms with van der Waals surface area (Å²) < 4.78 is 13.5. The SMILES string of the molecule is CC(C)(C)[Si]1(C(C)(C)C)OC[C@H]2SC(c3cnc4ccccc4c3)=C[C@@H]2O1. The summed E-state index contributed by atoms with van der Waals surface area (Å²) in [4.78, 5) is 5.90. The quantitative estimate of drug-likeness (QED) is 0.538. The van der Waals surface area contributed by atoms with Crippen LogP contribution < -0.4 is 0 Å². The fraction of sp³-hybridized carbons (Fsp3) is 0.500. The van der Waals surface area contributed by atoms with Gasteiger partial charge in [-0.05, 0) is 18.2 Å². The standard InChI is InChI=1S/C22H29NO2SSi/c1-21(2,3)27(22(4,5)6)24-14-20-18(25-27)12-19(26-20)16-11-15-9-7-8-10-17(15)23-13-16/h7-13,18,20H,14H2,1-6H3/t18-,20+/m0/s1. The molecule has 0 aliphatic carbocycles. The van der Waals surface area contributed by atoms with Crippen molar-refractivity contribution in [2.24, 2.45) is 0 Å². The molecule has 0 radical (unpaired) electrons. The van der Waals surface area contributed by atoms with E-state index in [-0.39, 0.29) is 16.2 Å². The van der Waals surface area contributed by atoms with Gasteiger partial charge in [0.25, 0.3) is 0 Å². The number of rotatable bonds is 1. The molecule has 0 unspecified atom stereocenters. The maximum atomic E-state index is 6.87. The highest BCUT2D eigenvalue weighted by molar-refractivity contribution is 8.09. The Bertz CT molecular complexity index is 883. The lowest BCUT2D eigenvalue weighted by atomic mass is 10.1. The molecule has 0 saturated carbocycles. The zero-order valence-electron chi connectivity index (χ0n) is 17.1. The second-order valence-electron chi connectivity index (χ2n) is 9.61. The first-order valence-corrected chi connectivity index (χ1v) is 12.4. The number of aromatic nitrogens is 1. The largest absolute Gasteiger partial charge is 0.392 e. The van der Waals surface area contributed by atoms with E-state index in [1.165, 1.54) is 15.9 Å². The van der Waals surface area contributed by atoms with E-state index in [0.717, 1.165) is 12.1 Å². The first kappa shape index (κ1) is 19.2. The van der Waals surface area contributed by atoms with Crippen LogP contribution in [-0.2, 0) is 8.85 Å². The van der Waals surface area contributed by atoms with E-state index in [1.54, 1.807) is 0 Å². The lowest BCUT2D eigenvalue weighted by molar-refractivity contribution is 0.0491. The molecule has 1 fully saturated rings. The number of pyridine rings is 1. The zero-order chi connectivity index (χ0) is 19.4. The van der Waals surface area contributed by atoms with Gasteiger partial charge in [0, 0.05) is 32.1 Å². The van der Waals surface area contributed by atoms with Crippen LogP contribution in [0.2, 0.25) is 10.1 Å². The Morgan fingerprint density at radius 1 is 1.07 bits per heavy atom. The number of fused-ring (bicyclic) bond motifs is 2. The molecule has 2 atom stereocenters. The Hall–Kier alpha value is -1.14. The molecule has 2 aromatic rings. The van der Waals surface area contributed by atoms with Crippen LogP contribution in [0.1, 0.15) is 47.1 Å². The molecular formula is C22H29NO2SSi. The molecule has 1 saturated heterocycles. The van der Waals surface area contributed by atoms with Crippen LogP contribution in [0, 0.1) is 0 Å². The molecule has 0 spiro atoms. The first-order chi connectivity index (χ1) is 12.6. The number of thioether (sulfide) groups is 1. The summed E-state index contributed by atoms with van der Waals surface area (Å²) in [6, 6.07) is 10.5.